The van der Waals surface area contributed by atoms with Crippen LogP contribution in [0, 0.1) is 17.8 Å². The molecule has 2 aromatic heterocycles. The summed E-state index contributed by atoms with van der Waals surface area (Å²) in [5, 5.41) is 11.1. The van der Waals surface area contributed by atoms with Gasteiger partial charge in [-0.1, -0.05) is 24.6 Å². The maximum atomic E-state index is 14.0. The second-order valence-corrected chi connectivity index (χ2v) is 9.87. The van der Waals surface area contributed by atoms with E-state index in [1.807, 2.05) is 0 Å². The number of nitrogens with zero attached hydrogens (tertiary/aromatic N) is 5. The number of para-hydroxylation sites is 1. The number of halogens is 2. The summed E-state index contributed by atoms with van der Waals surface area (Å²) in [5.41, 5.74) is 8.09. The summed E-state index contributed by atoms with van der Waals surface area (Å²) in [5.74, 6) is 6.37. The minimum Gasteiger partial charge on any atom is -0.395 e. The number of aliphatic hydroxyl groups is 1. The Balaban J connectivity index is 1.29. The van der Waals surface area contributed by atoms with Crippen LogP contribution in [0.1, 0.15) is 12.1 Å². The number of rotatable bonds is 3. The highest BCUT2D eigenvalue weighted by molar-refractivity contribution is 6.05. The predicted octanol–water partition coefficient (Wildman–Crippen LogP) is 1.97. The summed E-state index contributed by atoms with van der Waals surface area (Å²) < 4.78 is 39.2. The van der Waals surface area contributed by atoms with Gasteiger partial charge < -0.3 is 29.8 Å². The Morgan fingerprint density at radius 1 is 1.28 bits per heavy atom. The average Bonchev–Trinajstić information content (AvgIpc) is 3.36. The first-order valence-electron chi connectivity index (χ1n) is 12.5. The molecule has 0 bridgehead atoms. The number of aromatic nitrogens is 3. The van der Waals surface area contributed by atoms with Gasteiger partial charge in [-0.25, -0.2) is 9.97 Å². The van der Waals surface area contributed by atoms with Crippen molar-refractivity contribution in [2.24, 2.45) is 13.0 Å². The number of β-amino-alcohol motifs (C(OH)–C–C–N with tert-alkyl or cyclic N) is 1. The predicted molar refractivity (Wildman–Crippen MR) is 138 cm³/mol. The molecule has 2 saturated heterocycles. The van der Waals surface area contributed by atoms with Gasteiger partial charge >= 0.3 is 6.29 Å². The van der Waals surface area contributed by atoms with Crippen molar-refractivity contribution in [1.82, 2.24) is 24.3 Å². The first-order chi connectivity index (χ1) is 18.7. The van der Waals surface area contributed by atoms with Gasteiger partial charge in [0.1, 0.15) is 23.5 Å². The molecule has 10 nitrogen and oxygen atoms in total. The molecule has 3 N–H and O–H groups in total. The van der Waals surface area contributed by atoms with Crippen molar-refractivity contribution in [2.75, 3.05) is 31.9 Å². The lowest BCUT2D eigenvalue weighted by molar-refractivity contribution is -0.286. The molecule has 5 heterocycles. The average molecular weight is 537 g/mol. The maximum Gasteiger partial charge on any atom is 0.586 e. The lowest BCUT2D eigenvalue weighted by atomic mass is 9.91. The van der Waals surface area contributed by atoms with Gasteiger partial charge in [0, 0.05) is 56.3 Å². The van der Waals surface area contributed by atoms with Gasteiger partial charge in [-0.15, -0.1) is 8.78 Å². The van der Waals surface area contributed by atoms with Gasteiger partial charge in [0.2, 0.25) is 5.91 Å². The van der Waals surface area contributed by atoms with Crippen molar-refractivity contribution < 1.29 is 28.2 Å². The van der Waals surface area contributed by atoms with Gasteiger partial charge in [-0.2, -0.15) is 0 Å². The van der Waals surface area contributed by atoms with Crippen LogP contribution in [0.2, 0.25) is 0 Å². The summed E-state index contributed by atoms with van der Waals surface area (Å²) in [6.07, 6.45) is -1.17. The van der Waals surface area contributed by atoms with E-state index < -0.39 is 12.4 Å². The number of anilines is 1. The molecule has 2 atom stereocenters. The van der Waals surface area contributed by atoms with Crippen LogP contribution in [0.25, 0.3) is 22.2 Å². The molecule has 3 aliphatic rings. The lowest BCUT2D eigenvalue weighted by Gasteiger charge is -2.47. The SMILES string of the molecule is C=CC(=O)N1CC[C@H](N2CC(C#Cc3c(-c4cccc5c4OC(F)(F)O5)c4c(N)ncnc4n3C)C2)[C@H](O)C1. The summed E-state index contributed by atoms with van der Waals surface area (Å²) in [6.45, 7) is 5.67. The molecule has 0 saturated carbocycles. The number of aryl methyl sites for hydroxylation is 1. The highest BCUT2D eigenvalue weighted by atomic mass is 19.3. The number of amides is 1. The fourth-order valence-electron chi connectivity index (χ4n) is 5.57. The van der Waals surface area contributed by atoms with Crippen LogP contribution in [0.4, 0.5) is 14.6 Å². The Morgan fingerprint density at radius 2 is 2.08 bits per heavy atom. The molecule has 2 fully saturated rings. The topological polar surface area (TPSA) is 119 Å². The maximum absolute atomic E-state index is 14.0. The van der Waals surface area contributed by atoms with Crippen molar-refractivity contribution in [3.63, 3.8) is 0 Å². The van der Waals surface area contributed by atoms with Gasteiger partial charge in [-0.05, 0) is 24.5 Å². The van der Waals surface area contributed by atoms with Gasteiger partial charge in [0.05, 0.1) is 11.5 Å². The Kier molecular flexibility index (Phi) is 5.93. The van der Waals surface area contributed by atoms with Crippen molar-refractivity contribution in [1.29, 1.82) is 0 Å². The van der Waals surface area contributed by atoms with Gasteiger partial charge in [-0.3, -0.25) is 9.69 Å². The second kappa shape index (κ2) is 9.21. The van der Waals surface area contributed by atoms with E-state index in [1.54, 1.807) is 28.6 Å². The Bertz CT molecular complexity index is 1560. The molecule has 0 radical (unpaired) electrons. The molecule has 202 valence electrons. The van der Waals surface area contributed by atoms with Crippen LogP contribution >= 0.6 is 0 Å². The van der Waals surface area contributed by atoms with E-state index in [4.69, 9.17) is 10.5 Å². The zero-order valence-electron chi connectivity index (χ0n) is 21.1. The van der Waals surface area contributed by atoms with Gasteiger partial charge in [0.25, 0.3) is 0 Å². The van der Waals surface area contributed by atoms with Crippen molar-refractivity contribution in [3.05, 3.63) is 42.9 Å². The fourth-order valence-corrected chi connectivity index (χ4v) is 5.57. The number of alkyl halides is 2. The first kappa shape index (κ1) is 25.1. The van der Waals surface area contributed by atoms with Crippen molar-refractivity contribution >= 4 is 22.8 Å². The largest absolute Gasteiger partial charge is 0.586 e. The third kappa shape index (κ3) is 4.24. The molecule has 0 unspecified atom stereocenters. The molecule has 3 aromatic rings. The van der Waals surface area contributed by atoms with Crippen LogP contribution in [0.15, 0.2) is 37.2 Å². The van der Waals surface area contributed by atoms with Crippen LogP contribution in [-0.2, 0) is 11.8 Å². The molecule has 1 amide bonds. The van der Waals surface area contributed by atoms with E-state index in [0.717, 1.165) is 0 Å². The summed E-state index contributed by atoms with van der Waals surface area (Å²) in [7, 11) is 1.78. The van der Waals surface area contributed by atoms with Gasteiger partial charge in [0.15, 0.2) is 11.5 Å². The van der Waals surface area contributed by atoms with Crippen LogP contribution < -0.4 is 15.2 Å². The molecule has 0 spiro atoms. The molecule has 0 aliphatic carbocycles. The Labute approximate surface area is 222 Å². The molecular weight excluding hydrogens is 510 g/mol. The fraction of sp³-hybridized carbons (Fsp3) is 0.370. The number of hydrogen-bond donors (Lipinski definition) is 2. The number of likely N-dealkylation sites (tertiary alicyclic amines) is 2. The summed E-state index contributed by atoms with van der Waals surface area (Å²) in [6, 6.07) is 4.60. The molecule has 1 aromatic carbocycles. The molecule has 12 heteroatoms. The number of hydrogen-bond acceptors (Lipinski definition) is 8. The minimum absolute atomic E-state index is 0.0322. The quantitative estimate of drug-likeness (QED) is 0.385. The number of carbonyl (C=O) groups is 1. The summed E-state index contributed by atoms with van der Waals surface area (Å²) in [4.78, 5) is 24.1. The minimum atomic E-state index is -3.79. The van der Waals surface area contributed by atoms with E-state index >= 15 is 0 Å². The zero-order valence-corrected chi connectivity index (χ0v) is 21.1. The zero-order chi connectivity index (χ0) is 27.5. The highest BCUT2D eigenvalue weighted by Crippen LogP contribution is 2.49. The number of aliphatic hydroxyl groups excluding tert-OH is 1. The van der Waals surface area contributed by atoms with E-state index in [-0.39, 0.29) is 41.7 Å². The Morgan fingerprint density at radius 3 is 2.82 bits per heavy atom. The van der Waals surface area contributed by atoms with E-state index in [0.29, 0.717) is 53.9 Å². The number of nitrogen functional groups attached to an aromatic ring is 1. The number of carbonyl (C=O) groups excluding carboxylic acids is 1. The van der Waals surface area contributed by atoms with E-state index in [1.165, 1.54) is 18.5 Å². The smallest absolute Gasteiger partial charge is 0.395 e. The second-order valence-electron chi connectivity index (χ2n) is 9.87. The first-order valence-corrected chi connectivity index (χ1v) is 12.5. The molecule has 6 rings (SSSR count). The van der Waals surface area contributed by atoms with Crippen molar-refractivity contribution in [3.8, 4) is 34.5 Å². The van der Waals surface area contributed by atoms with Crippen molar-refractivity contribution in [2.45, 2.75) is 24.9 Å². The third-order valence-corrected chi connectivity index (χ3v) is 7.50. The lowest BCUT2D eigenvalue weighted by Crippen LogP contribution is -2.61. The van der Waals surface area contributed by atoms with Crippen LogP contribution in [-0.4, -0.2) is 80.0 Å². The van der Waals surface area contributed by atoms with E-state index in [9.17, 15) is 18.7 Å². The summed E-state index contributed by atoms with van der Waals surface area (Å²) >= 11 is 0. The number of benzene rings is 1. The number of piperidine rings is 1. The highest BCUT2D eigenvalue weighted by Gasteiger charge is 2.45. The third-order valence-electron chi connectivity index (χ3n) is 7.50. The Hall–Kier alpha value is -4.21. The number of fused-ring (bicyclic) bond motifs is 2. The van der Waals surface area contributed by atoms with Crippen LogP contribution in [0.3, 0.4) is 0 Å². The number of nitrogens with two attached hydrogens (primary N) is 1. The van der Waals surface area contributed by atoms with E-state index in [2.05, 4.69) is 38.0 Å². The molecule has 39 heavy (non-hydrogen) atoms. The molecular formula is C27H26F2N6O4. The number of ether oxygens (including phenoxy) is 2. The molecule has 3 aliphatic heterocycles. The normalized spacial score (nSPS) is 22.3. The van der Waals surface area contributed by atoms with Crippen LogP contribution in [0.5, 0.6) is 11.5 Å². The standard InChI is InChI=1S/C27H26F2N6O4/c1-3-21(37)34-10-9-17(19(36)13-34)35-11-15(12-35)7-8-18-22(23-25(30)31-14-32-26(23)33(18)2)16-5-4-6-20-24(16)39-27(28,29)38-20/h3-6,14-15,17,19,36H,1,9-13H2,2H3,(H2,30,31,32)/t17-,19+/m0/s1. The monoisotopic (exact) mass is 536 g/mol.